The smallest absolute Gasteiger partial charge is 0.293 e. The van der Waals surface area contributed by atoms with Crippen molar-refractivity contribution in [2.45, 2.75) is 18.2 Å². The van der Waals surface area contributed by atoms with Crippen molar-refractivity contribution >= 4 is 28.2 Å². The third-order valence-electron chi connectivity index (χ3n) is 2.97. The van der Waals surface area contributed by atoms with Crippen LogP contribution in [0.3, 0.4) is 0 Å². The van der Waals surface area contributed by atoms with E-state index in [9.17, 15) is 22.9 Å². The van der Waals surface area contributed by atoms with Crippen molar-refractivity contribution in [3.63, 3.8) is 0 Å². The maximum absolute atomic E-state index is 11.6. The lowest BCUT2D eigenvalue weighted by Gasteiger charge is -2.28. The fourth-order valence-corrected chi connectivity index (χ4v) is 2.92. The van der Waals surface area contributed by atoms with Crippen LogP contribution in [0.15, 0.2) is 18.2 Å². The quantitative estimate of drug-likeness (QED) is 0.609. The minimum atomic E-state index is -4.57. The number of hydrogen-bond donors (Lipinski definition) is 3. The average Bonchev–Trinajstić information content (AvgIpc) is 2.28. The average molecular weight is 283 g/mol. The van der Waals surface area contributed by atoms with Crippen LogP contribution < -0.4 is 15.8 Å². The molecule has 0 saturated heterocycles. The van der Waals surface area contributed by atoms with E-state index in [2.05, 4.69) is 5.32 Å². The first-order valence-corrected chi connectivity index (χ1v) is 6.96. The van der Waals surface area contributed by atoms with Crippen LogP contribution in [0, 0.1) is 0 Å². The molecule has 0 aliphatic heterocycles. The topological polar surface area (TPSA) is 104 Å². The molecule has 0 fully saturated rings. The third kappa shape index (κ3) is 2.34. The van der Waals surface area contributed by atoms with E-state index in [0.717, 1.165) is 13.0 Å². The molecule has 0 saturated carbocycles. The number of carbonyl (C=O) groups is 1. The predicted molar refractivity (Wildman–Crippen MR) is 69.0 cm³/mol. The Bertz CT molecular complexity index is 753. The highest BCUT2D eigenvalue weighted by molar-refractivity contribution is 7.87. The van der Waals surface area contributed by atoms with E-state index in [1.807, 2.05) is 0 Å². The van der Waals surface area contributed by atoms with E-state index in [0.29, 0.717) is 5.22 Å². The van der Waals surface area contributed by atoms with Crippen LogP contribution in [0.4, 0.5) is 0 Å². The first-order valence-electron chi connectivity index (χ1n) is 5.52. The monoisotopic (exact) mass is 283 g/mol. The zero-order valence-electron chi connectivity index (χ0n) is 10.1. The van der Waals surface area contributed by atoms with Crippen LogP contribution in [0.25, 0.3) is 12.2 Å². The van der Waals surface area contributed by atoms with Gasteiger partial charge in [-0.2, -0.15) is 8.42 Å². The summed E-state index contributed by atoms with van der Waals surface area (Å²) in [5.41, 5.74) is 0. The summed E-state index contributed by atoms with van der Waals surface area (Å²) in [5.74, 6) is -0.715. The van der Waals surface area contributed by atoms with Gasteiger partial charge in [-0.05, 0) is 17.4 Å². The molecular formula is C12H13NO5S. The molecule has 3 N–H and O–H groups in total. The van der Waals surface area contributed by atoms with Crippen LogP contribution in [0.1, 0.15) is 13.3 Å². The van der Waals surface area contributed by atoms with Crippen LogP contribution in [-0.4, -0.2) is 28.9 Å². The highest BCUT2D eigenvalue weighted by atomic mass is 32.2. The fraction of sp³-hybridized carbons (Fsp3) is 0.250. The van der Waals surface area contributed by atoms with Gasteiger partial charge < -0.3 is 10.4 Å². The number of phenolic OH excluding ortho intramolecular Hbond substituents is 1. The third-order valence-corrected chi connectivity index (χ3v) is 4.27. The predicted octanol–water partition coefficient (Wildman–Crippen LogP) is -0.923. The van der Waals surface area contributed by atoms with Gasteiger partial charge in [0, 0.05) is 18.6 Å². The molecule has 0 aromatic heterocycles. The van der Waals surface area contributed by atoms with Crippen LogP contribution >= 0.6 is 0 Å². The van der Waals surface area contributed by atoms with Gasteiger partial charge in [0.15, 0.2) is 4.87 Å². The lowest BCUT2D eigenvalue weighted by atomic mass is 10.0. The Kier molecular flexibility index (Phi) is 3.11. The van der Waals surface area contributed by atoms with Gasteiger partial charge in [0.1, 0.15) is 5.75 Å². The highest BCUT2D eigenvalue weighted by Crippen LogP contribution is 2.22. The van der Waals surface area contributed by atoms with Gasteiger partial charge in [-0.3, -0.25) is 9.35 Å². The second-order valence-corrected chi connectivity index (χ2v) is 6.06. The largest absolute Gasteiger partial charge is 0.507 e. The maximum atomic E-state index is 11.6. The minimum absolute atomic E-state index is 0.109. The number of nitrogens with one attached hydrogen (secondary N) is 1. The fourth-order valence-electron chi connectivity index (χ4n) is 2.09. The first-order chi connectivity index (χ1) is 8.75. The summed E-state index contributed by atoms with van der Waals surface area (Å²) in [6.45, 7) is 1.15. The van der Waals surface area contributed by atoms with Crippen LogP contribution in [0.2, 0.25) is 0 Å². The van der Waals surface area contributed by atoms with Gasteiger partial charge in [0.25, 0.3) is 10.1 Å². The molecule has 1 atom stereocenters. The molecular weight excluding hydrogens is 270 g/mol. The lowest BCUT2D eigenvalue weighted by Crippen LogP contribution is -2.55. The molecule has 1 aromatic carbocycles. The standard InChI is InChI=1S/C12H13NO5S/c1-8(14)13-12(19(16,17)18)6-5-9-3-2-4-11(15)10(9)7-12/h2-5,7,15H,6H2,1H3,(H,13,14)(H,16,17,18). The molecule has 1 aliphatic rings. The molecule has 2 rings (SSSR count). The Morgan fingerprint density at radius 3 is 2.68 bits per heavy atom. The molecule has 1 unspecified atom stereocenters. The second-order valence-electron chi connectivity index (χ2n) is 4.38. The van der Waals surface area contributed by atoms with Crippen molar-refractivity contribution in [2.24, 2.45) is 0 Å². The zero-order valence-corrected chi connectivity index (χ0v) is 10.9. The Morgan fingerprint density at radius 1 is 1.42 bits per heavy atom. The Balaban J connectivity index is 2.75. The van der Waals surface area contributed by atoms with Gasteiger partial charge in [-0.25, -0.2) is 0 Å². The number of carbonyl (C=O) groups excluding carboxylic acids is 1. The Hall–Kier alpha value is -1.86. The molecule has 0 radical (unpaired) electrons. The Morgan fingerprint density at radius 2 is 2.11 bits per heavy atom. The highest BCUT2D eigenvalue weighted by Gasteiger charge is 2.42. The normalized spacial score (nSPS) is 21.8. The second kappa shape index (κ2) is 4.36. The molecule has 6 nitrogen and oxygen atoms in total. The number of benzene rings is 1. The van der Waals surface area contributed by atoms with Crippen LogP contribution in [-0.2, 0) is 14.9 Å². The van der Waals surface area contributed by atoms with E-state index in [1.165, 1.54) is 6.07 Å². The molecule has 1 aromatic rings. The molecule has 0 heterocycles. The van der Waals surface area contributed by atoms with Crippen molar-refractivity contribution in [3.05, 3.63) is 28.6 Å². The van der Waals surface area contributed by atoms with Crippen molar-refractivity contribution in [2.75, 3.05) is 0 Å². The molecule has 19 heavy (non-hydrogen) atoms. The van der Waals surface area contributed by atoms with E-state index in [1.54, 1.807) is 18.2 Å². The van der Waals surface area contributed by atoms with E-state index in [-0.39, 0.29) is 17.4 Å². The summed E-state index contributed by atoms with van der Waals surface area (Å²) in [4.78, 5) is 9.24. The number of phenols is 1. The van der Waals surface area contributed by atoms with Crippen molar-refractivity contribution < 1.29 is 22.9 Å². The number of amides is 1. The lowest BCUT2D eigenvalue weighted by molar-refractivity contribution is -0.119. The van der Waals surface area contributed by atoms with Crippen LogP contribution in [0.5, 0.6) is 5.75 Å². The molecule has 7 heteroatoms. The van der Waals surface area contributed by atoms with Gasteiger partial charge >= 0.3 is 0 Å². The van der Waals surface area contributed by atoms with Crippen molar-refractivity contribution in [1.29, 1.82) is 0 Å². The summed E-state index contributed by atoms with van der Waals surface area (Å²) >= 11 is 0. The number of aromatic hydroxyl groups is 1. The SMILES string of the molecule is CC(=O)NC1(S(=O)(=O)O)C=c2c(O)cccc2=CC1. The van der Waals surface area contributed by atoms with Gasteiger partial charge in [0.05, 0.1) is 0 Å². The molecule has 1 amide bonds. The number of rotatable bonds is 2. The van der Waals surface area contributed by atoms with Gasteiger partial charge in [0.2, 0.25) is 5.91 Å². The van der Waals surface area contributed by atoms with Crippen molar-refractivity contribution in [1.82, 2.24) is 5.32 Å². The molecule has 0 spiro atoms. The van der Waals surface area contributed by atoms with Crippen molar-refractivity contribution in [3.8, 4) is 5.75 Å². The van der Waals surface area contributed by atoms with E-state index in [4.69, 9.17) is 0 Å². The van der Waals surface area contributed by atoms with E-state index >= 15 is 0 Å². The summed E-state index contributed by atoms with van der Waals surface area (Å²) < 4.78 is 32.5. The maximum Gasteiger partial charge on any atom is 0.293 e. The minimum Gasteiger partial charge on any atom is -0.507 e. The molecule has 102 valence electrons. The summed E-state index contributed by atoms with van der Waals surface area (Å²) in [7, 11) is -4.57. The number of fused-ring (bicyclic) bond motifs is 1. The zero-order chi connectivity index (χ0) is 14.3. The summed E-state index contributed by atoms with van der Waals surface area (Å²) in [5, 5.41) is 12.9. The summed E-state index contributed by atoms with van der Waals surface area (Å²) in [6.07, 6.45) is 2.59. The van der Waals surface area contributed by atoms with Gasteiger partial charge in [-0.15, -0.1) is 0 Å². The molecule has 0 bridgehead atoms. The molecule has 1 aliphatic carbocycles. The van der Waals surface area contributed by atoms with E-state index < -0.39 is 20.9 Å². The Labute approximate surface area is 109 Å². The summed E-state index contributed by atoms with van der Waals surface area (Å²) in [6, 6.07) is 4.72. The first kappa shape index (κ1) is 13.6. The number of hydrogen-bond acceptors (Lipinski definition) is 4. The van der Waals surface area contributed by atoms with Gasteiger partial charge in [-0.1, -0.05) is 18.2 Å².